The molecule has 8 nitrogen and oxygen atoms in total. The molecule has 96 valence electrons. The molecule has 1 aromatic carbocycles. The maximum atomic E-state index is 11.2. The number of amides is 2. The normalized spacial score (nSPS) is 14.8. The van der Waals surface area contributed by atoms with Gasteiger partial charge in [-0.25, -0.2) is 0 Å². The minimum absolute atomic E-state index is 0.0607. The Morgan fingerprint density at radius 2 is 1.95 bits per heavy atom. The van der Waals surface area contributed by atoms with Crippen LogP contribution >= 0.6 is 0 Å². The Morgan fingerprint density at radius 3 is 2.47 bits per heavy atom. The monoisotopic (exact) mass is 260 g/mol. The van der Waals surface area contributed by atoms with Crippen LogP contribution in [0.5, 0.6) is 0 Å². The minimum atomic E-state index is -0.673. The fourth-order valence-corrected chi connectivity index (χ4v) is 1.78. The number of nitrogens with zero attached hydrogens (tertiary/aromatic N) is 3. The van der Waals surface area contributed by atoms with Gasteiger partial charge in [0, 0.05) is 11.8 Å². The van der Waals surface area contributed by atoms with Crippen LogP contribution in [-0.4, -0.2) is 29.8 Å². The summed E-state index contributed by atoms with van der Waals surface area (Å²) < 4.78 is 0. The molecule has 19 heavy (non-hydrogen) atoms. The largest absolute Gasteiger partial charge is 0.353 e. The van der Waals surface area contributed by atoms with Crippen molar-refractivity contribution >= 4 is 23.2 Å². The van der Waals surface area contributed by atoms with Gasteiger partial charge in [-0.2, -0.15) is 5.26 Å². The van der Waals surface area contributed by atoms with E-state index in [-0.39, 0.29) is 24.3 Å². The molecule has 2 rings (SSSR count). The summed E-state index contributed by atoms with van der Waals surface area (Å²) in [4.78, 5) is 34.1. The molecule has 0 spiro atoms. The van der Waals surface area contributed by atoms with Gasteiger partial charge < -0.3 is 4.90 Å². The molecule has 1 aromatic rings. The lowest BCUT2D eigenvalue weighted by atomic mass is 10.1. The van der Waals surface area contributed by atoms with E-state index in [1.54, 1.807) is 6.07 Å². The average molecular weight is 260 g/mol. The number of imide groups is 1. The van der Waals surface area contributed by atoms with Gasteiger partial charge in [0.15, 0.2) is 0 Å². The highest BCUT2D eigenvalue weighted by Gasteiger charge is 2.24. The van der Waals surface area contributed by atoms with Gasteiger partial charge in [-0.05, 0) is 12.1 Å². The van der Waals surface area contributed by atoms with Gasteiger partial charge in [0.05, 0.1) is 18.0 Å². The Bertz CT molecular complexity index is 604. The molecule has 1 aliphatic rings. The highest BCUT2D eigenvalue weighted by atomic mass is 16.6. The van der Waals surface area contributed by atoms with Crippen LogP contribution in [0.25, 0.3) is 0 Å². The molecule has 1 N–H and O–H groups in total. The Labute approximate surface area is 107 Å². The molecule has 8 heteroatoms. The molecule has 0 bridgehead atoms. The third-order valence-corrected chi connectivity index (χ3v) is 2.61. The lowest BCUT2D eigenvalue weighted by molar-refractivity contribution is -0.385. The Kier molecular flexibility index (Phi) is 3.12. The smallest absolute Gasteiger partial charge is 0.289 e. The van der Waals surface area contributed by atoms with Crippen molar-refractivity contribution in [1.82, 2.24) is 5.32 Å². The lowest BCUT2D eigenvalue weighted by Crippen LogP contribution is -2.51. The number of carbonyl (C=O) groups is 2. The summed E-state index contributed by atoms with van der Waals surface area (Å²) in [6.45, 7) is -0.121. The number of anilines is 1. The van der Waals surface area contributed by atoms with E-state index in [0.717, 1.165) is 0 Å². The number of nitro groups is 1. The SMILES string of the molecule is N#Cc1ccc(N2CC(=O)NC(=O)C2)cc1[N+](=O)[O-]. The molecule has 1 aliphatic heterocycles. The molecule has 1 saturated heterocycles. The van der Waals surface area contributed by atoms with E-state index in [2.05, 4.69) is 5.32 Å². The standard InChI is InChI=1S/C11H8N4O4/c12-4-7-1-2-8(3-9(7)15(18)19)14-5-10(16)13-11(17)6-14/h1-3H,5-6H2,(H,13,16,17). The third-order valence-electron chi connectivity index (χ3n) is 2.61. The van der Waals surface area contributed by atoms with Crippen LogP contribution in [-0.2, 0) is 9.59 Å². The number of rotatable bonds is 2. The fourth-order valence-electron chi connectivity index (χ4n) is 1.78. The quantitative estimate of drug-likeness (QED) is 0.452. The van der Waals surface area contributed by atoms with E-state index in [1.807, 2.05) is 0 Å². The molecular formula is C11H8N4O4. The lowest BCUT2D eigenvalue weighted by Gasteiger charge is -2.27. The van der Waals surface area contributed by atoms with Crippen LogP contribution in [0.3, 0.4) is 0 Å². The number of hydrogen-bond acceptors (Lipinski definition) is 6. The van der Waals surface area contributed by atoms with Crippen LogP contribution < -0.4 is 10.2 Å². The predicted molar refractivity (Wildman–Crippen MR) is 63.2 cm³/mol. The molecule has 1 fully saturated rings. The van der Waals surface area contributed by atoms with Crippen LogP contribution in [0, 0.1) is 21.4 Å². The van der Waals surface area contributed by atoms with Crippen molar-refractivity contribution in [1.29, 1.82) is 5.26 Å². The zero-order chi connectivity index (χ0) is 14.0. The van der Waals surface area contributed by atoms with Gasteiger partial charge in [0.2, 0.25) is 11.8 Å². The first-order valence-electron chi connectivity index (χ1n) is 5.27. The van der Waals surface area contributed by atoms with Crippen molar-refractivity contribution in [2.75, 3.05) is 18.0 Å². The van der Waals surface area contributed by atoms with Gasteiger partial charge >= 0.3 is 0 Å². The van der Waals surface area contributed by atoms with Gasteiger partial charge in [-0.15, -0.1) is 0 Å². The summed E-state index contributed by atoms with van der Waals surface area (Å²) in [7, 11) is 0. The number of nitro benzene ring substituents is 1. The van der Waals surface area contributed by atoms with Crippen LogP contribution in [0.4, 0.5) is 11.4 Å². The van der Waals surface area contributed by atoms with Crippen molar-refractivity contribution in [3.63, 3.8) is 0 Å². The van der Waals surface area contributed by atoms with E-state index >= 15 is 0 Å². The summed E-state index contributed by atoms with van der Waals surface area (Å²) in [5.74, 6) is -0.938. The van der Waals surface area contributed by atoms with Crippen molar-refractivity contribution in [2.24, 2.45) is 0 Å². The summed E-state index contributed by atoms with van der Waals surface area (Å²) in [6, 6.07) is 5.67. The Morgan fingerprint density at radius 1 is 1.32 bits per heavy atom. The van der Waals surface area contributed by atoms with Crippen LogP contribution in [0.2, 0.25) is 0 Å². The number of benzene rings is 1. The van der Waals surface area contributed by atoms with Crippen molar-refractivity contribution in [2.45, 2.75) is 0 Å². The first kappa shape index (κ1) is 12.5. The van der Waals surface area contributed by atoms with Crippen LogP contribution in [0.15, 0.2) is 18.2 Å². The van der Waals surface area contributed by atoms with Gasteiger partial charge in [-0.1, -0.05) is 0 Å². The van der Waals surface area contributed by atoms with Crippen LogP contribution in [0.1, 0.15) is 5.56 Å². The second kappa shape index (κ2) is 4.73. The highest BCUT2D eigenvalue weighted by molar-refractivity contribution is 6.02. The predicted octanol–water partition coefficient (Wildman–Crippen LogP) is -0.0707. The Balaban J connectivity index is 2.38. The first-order valence-corrected chi connectivity index (χ1v) is 5.27. The zero-order valence-corrected chi connectivity index (χ0v) is 9.62. The van der Waals surface area contributed by atoms with Crippen molar-refractivity contribution < 1.29 is 14.5 Å². The first-order chi connectivity index (χ1) is 9.01. The third kappa shape index (κ3) is 2.50. The average Bonchev–Trinajstić information content (AvgIpc) is 2.36. The molecule has 1 heterocycles. The molecule has 0 saturated carbocycles. The van der Waals surface area contributed by atoms with E-state index in [4.69, 9.17) is 5.26 Å². The molecule has 2 amide bonds. The van der Waals surface area contributed by atoms with Gasteiger partial charge in [0.25, 0.3) is 5.69 Å². The molecular weight excluding hydrogens is 252 g/mol. The molecule has 0 unspecified atom stereocenters. The summed E-state index contributed by atoms with van der Waals surface area (Å²) in [5.41, 5.74) is -0.0612. The van der Waals surface area contributed by atoms with Crippen molar-refractivity contribution in [3.05, 3.63) is 33.9 Å². The highest BCUT2D eigenvalue weighted by Crippen LogP contribution is 2.25. The topological polar surface area (TPSA) is 116 Å². The zero-order valence-electron chi connectivity index (χ0n) is 9.62. The second-order valence-electron chi connectivity index (χ2n) is 3.90. The van der Waals surface area contributed by atoms with E-state index in [0.29, 0.717) is 5.69 Å². The molecule has 0 atom stereocenters. The minimum Gasteiger partial charge on any atom is -0.353 e. The fraction of sp³-hybridized carbons (Fsp3) is 0.182. The number of nitrogens with one attached hydrogen (secondary N) is 1. The van der Waals surface area contributed by atoms with E-state index < -0.39 is 16.7 Å². The maximum absolute atomic E-state index is 11.2. The summed E-state index contributed by atoms with van der Waals surface area (Å²) >= 11 is 0. The molecule has 0 aromatic heterocycles. The number of nitriles is 1. The number of hydrogen-bond donors (Lipinski definition) is 1. The molecule has 0 aliphatic carbocycles. The van der Waals surface area contributed by atoms with Gasteiger partial charge in [0.1, 0.15) is 11.6 Å². The Hall–Kier alpha value is -2.95. The number of carbonyl (C=O) groups excluding carboxylic acids is 2. The van der Waals surface area contributed by atoms with E-state index in [1.165, 1.54) is 23.1 Å². The molecule has 0 radical (unpaired) electrons. The second-order valence-corrected chi connectivity index (χ2v) is 3.90. The summed E-state index contributed by atoms with van der Waals surface area (Å²) in [5, 5.41) is 21.7. The van der Waals surface area contributed by atoms with Crippen molar-refractivity contribution in [3.8, 4) is 6.07 Å². The summed E-state index contributed by atoms with van der Waals surface area (Å²) in [6.07, 6.45) is 0. The van der Waals surface area contributed by atoms with E-state index in [9.17, 15) is 19.7 Å². The van der Waals surface area contributed by atoms with Gasteiger partial charge in [-0.3, -0.25) is 25.0 Å². The number of piperazine rings is 1. The maximum Gasteiger partial charge on any atom is 0.289 e.